The van der Waals surface area contributed by atoms with Crippen molar-refractivity contribution in [1.29, 1.82) is 0 Å². The third kappa shape index (κ3) is 4.39. The Bertz CT molecular complexity index is 953. The van der Waals surface area contributed by atoms with Gasteiger partial charge >= 0.3 is 6.09 Å². The van der Waals surface area contributed by atoms with Crippen LogP contribution in [0.4, 0.5) is 20.6 Å². The number of benzene rings is 1. The zero-order valence-corrected chi connectivity index (χ0v) is 16.5. The number of amides is 2. The summed E-state index contributed by atoms with van der Waals surface area (Å²) in [6.07, 6.45) is 3.47. The molecule has 1 aromatic carbocycles. The lowest BCUT2D eigenvalue weighted by Crippen LogP contribution is -2.35. The second kappa shape index (κ2) is 8.47. The van der Waals surface area contributed by atoms with Crippen LogP contribution in [0.1, 0.15) is 19.8 Å². The summed E-state index contributed by atoms with van der Waals surface area (Å²) < 4.78 is 21.6. The lowest BCUT2D eigenvalue weighted by atomic mass is 10.1. The lowest BCUT2D eigenvalue weighted by Gasteiger charge is -2.30. The molecular formula is C19H22FN7O3. The molecule has 2 aromatic rings. The van der Waals surface area contributed by atoms with E-state index in [9.17, 15) is 14.0 Å². The van der Waals surface area contributed by atoms with Crippen LogP contribution in [0.5, 0.6) is 0 Å². The molecule has 2 fully saturated rings. The quantitative estimate of drug-likeness (QED) is 0.791. The molecule has 10 nitrogen and oxygen atoms in total. The first-order valence-electron chi connectivity index (χ1n) is 9.68. The molecule has 2 saturated heterocycles. The summed E-state index contributed by atoms with van der Waals surface area (Å²) in [5.41, 5.74) is 1.93. The summed E-state index contributed by atoms with van der Waals surface area (Å²) in [5.74, 6) is -0.596. The second-order valence-corrected chi connectivity index (χ2v) is 7.18. The van der Waals surface area contributed by atoms with Gasteiger partial charge in [-0.2, -0.15) is 5.10 Å². The van der Waals surface area contributed by atoms with Crippen LogP contribution in [0.2, 0.25) is 0 Å². The molecule has 0 aliphatic carbocycles. The smallest absolute Gasteiger partial charge is 0.414 e. The Kier molecular flexibility index (Phi) is 5.59. The summed E-state index contributed by atoms with van der Waals surface area (Å²) in [6, 6.07) is 4.74. The predicted octanol–water partition coefficient (Wildman–Crippen LogP) is 1.38. The van der Waals surface area contributed by atoms with Crippen LogP contribution in [-0.4, -0.2) is 64.9 Å². The van der Waals surface area contributed by atoms with Crippen LogP contribution in [-0.2, 0) is 9.53 Å². The Morgan fingerprint density at radius 2 is 2.03 bits per heavy atom. The number of hydrogen-bond acceptors (Lipinski definition) is 7. The number of halogens is 1. The Labute approximate surface area is 172 Å². The van der Waals surface area contributed by atoms with E-state index in [0.29, 0.717) is 37.3 Å². The van der Waals surface area contributed by atoms with E-state index >= 15 is 0 Å². The third-order valence-electron chi connectivity index (χ3n) is 5.04. The van der Waals surface area contributed by atoms with E-state index in [4.69, 9.17) is 4.74 Å². The van der Waals surface area contributed by atoms with E-state index in [1.165, 1.54) is 30.5 Å². The van der Waals surface area contributed by atoms with Crippen molar-refractivity contribution in [3.63, 3.8) is 0 Å². The van der Waals surface area contributed by atoms with E-state index in [1.807, 2.05) is 4.90 Å². The zero-order chi connectivity index (χ0) is 21.1. The van der Waals surface area contributed by atoms with Crippen molar-refractivity contribution in [2.45, 2.75) is 25.9 Å². The number of carbonyl (C=O) groups is 2. The Hall–Kier alpha value is -3.50. The molecule has 1 aromatic heterocycles. The summed E-state index contributed by atoms with van der Waals surface area (Å²) >= 11 is 0. The SMILES string of the molecule is CC(=O)NC[C@H]1CN(c2ccc(N3CCC(=Nn4cnnc4)CC3)c(F)c2)C(=O)O1. The predicted molar refractivity (Wildman–Crippen MR) is 107 cm³/mol. The van der Waals surface area contributed by atoms with Crippen LogP contribution in [0.3, 0.4) is 0 Å². The molecule has 0 saturated carbocycles. The zero-order valence-electron chi connectivity index (χ0n) is 16.5. The first kappa shape index (κ1) is 19.8. The van der Waals surface area contributed by atoms with E-state index in [-0.39, 0.29) is 19.0 Å². The molecule has 0 unspecified atom stereocenters. The van der Waals surface area contributed by atoms with Crippen molar-refractivity contribution >= 4 is 29.1 Å². The molecule has 4 rings (SSSR count). The van der Waals surface area contributed by atoms with Gasteiger partial charge in [0, 0.05) is 38.6 Å². The number of ether oxygens (including phenoxy) is 1. The summed E-state index contributed by atoms with van der Waals surface area (Å²) in [5, 5.41) is 14.5. The number of carbonyl (C=O) groups excluding carboxylic acids is 2. The summed E-state index contributed by atoms with van der Waals surface area (Å²) in [6.45, 7) is 3.16. The average molecular weight is 415 g/mol. The topological polar surface area (TPSA) is 105 Å². The first-order chi connectivity index (χ1) is 14.5. The van der Waals surface area contributed by atoms with Gasteiger partial charge in [-0.1, -0.05) is 0 Å². The first-order valence-corrected chi connectivity index (χ1v) is 9.68. The normalized spacial score (nSPS) is 19.1. The highest BCUT2D eigenvalue weighted by molar-refractivity contribution is 5.90. The van der Waals surface area contributed by atoms with Gasteiger partial charge in [0.05, 0.1) is 24.5 Å². The standard InChI is InChI=1S/C19H22FN7O3/c1-13(28)21-9-16-10-27(19(29)30-16)15-2-3-18(17(20)8-15)25-6-4-14(5-7-25)24-26-11-22-23-12-26/h2-3,8,11-12,16H,4-7,9-10H2,1H3,(H,21,28)/t16-/m0/s1. The molecule has 30 heavy (non-hydrogen) atoms. The van der Waals surface area contributed by atoms with Crippen molar-refractivity contribution in [2.75, 3.05) is 36.0 Å². The maximum atomic E-state index is 14.8. The minimum Gasteiger partial charge on any atom is -0.442 e. The van der Waals surface area contributed by atoms with Crippen molar-refractivity contribution in [3.05, 3.63) is 36.7 Å². The fraction of sp³-hybridized carbons (Fsp3) is 0.421. The van der Waals surface area contributed by atoms with Crippen molar-refractivity contribution in [3.8, 4) is 0 Å². The van der Waals surface area contributed by atoms with E-state index in [1.54, 1.807) is 16.8 Å². The molecule has 11 heteroatoms. The van der Waals surface area contributed by atoms with E-state index in [0.717, 1.165) is 5.71 Å². The monoisotopic (exact) mass is 415 g/mol. The number of piperidine rings is 1. The number of nitrogens with one attached hydrogen (secondary N) is 1. The number of nitrogens with zero attached hydrogens (tertiary/aromatic N) is 6. The Morgan fingerprint density at radius 3 is 2.70 bits per heavy atom. The molecule has 0 bridgehead atoms. The molecule has 3 heterocycles. The van der Waals surface area contributed by atoms with E-state index < -0.39 is 18.0 Å². The van der Waals surface area contributed by atoms with Crippen LogP contribution >= 0.6 is 0 Å². The Balaban J connectivity index is 1.39. The molecule has 0 radical (unpaired) electrons. The fourth-order valence-electron chi connectivity index (χ4n) is 3.53. The maximum absolute atomic E-state index is 14.8. The van der Waals surface area contributed by atoms with Gasteiger partial charge in [-0.15, -0.1) is 10.2 Å². The van der Waals surface area contributed by atoms with Crippen LogP contribution in [0.25, 0.3) is 0 Å². The van der Waals surface area contributed by atoms with Crippen LogP contribution in [0, 0.1) is 5.82 Å². The lowest BCUT2D eigenvalue weighted by molar-refractivity contribution is -0.119. The summed E-state index contributed by atoms with van der Waals surface area (Å²) in [7, 11) is 0. The van der Waals surface area contributed by atoms with Crippen molar-refractivity contribution < 1.29 is 18.7 Å². The number of aromatic nitrogens is 3. The van der Waals surface area contributed by atoms with Gasteiger partial charge in [0.1, 0.15) is 24.6 Å². The molecule has 2 aliphatic heterocycles. The van der Waals surface area contributed by atoms with Gasteiger partial charge in [0.15, 0.2) is 0 Å². The van der Waals surface area contributed by atoms with Crippen molar-refractivity contribution in [1.82, 2.24) is 20.2 Å². The van der Waals surface area contributed by atoms with E-state index in [2.05, 4.69) is 20.6 Å². The average Bonchev–Trinajstić information content (AvgIpc) is 3.36. The maximum Gasteiger partial charge on any atom is 0.414 e. The molecule has 1 N–H and O–H groups in total. The van der Waals surface area contributed by atoms with Gasteiger partial charge in [-0.25, -0.2) is 13.9 Å². The molecule has 2 amide bonds. The molecule has 158 valence electrons. The molecule has 0 spiro atoms. The fourth-order valence-corrected chi connectivity index (χ4v) is 3.53. The largest absolute Gasteiger partial charge is 0.442 e. The third-order valence-corrected chi connectivity index (χ3v) is 5.04. The minimum absolute atomic E-state index is 0.198. The minimum atomic E-state index is -0.551. The molecule has 1 atom stereocenters. The van der Waals surface area contributed by atoms with Crippen molar-refractivity contribution in [2.24, 2.45) is 5.10 Å². The number of rotatable bonds is 5. The highest BCUT2D eigenvalue weighted by Gasteiger charge is 2.33. The van der Waals surface area contributed by atoms with Gasteiger partial charge in [0.25, 0.3) is 0 Å². The van der Waals surface area contributed by atoms with Gasteiger partial charge in [-0.05, 0) is 18.2 Å². The number of anilines is 2. The highest BCUT2D eigenvalue weighted by atomic mass is 19.1. The second-order valence-electron chi connectivity index (χ2n) is 7.18. The van der Waals surface area contributed by atoms with Gasteiger partial charge < -0.3 is 15.0 Å². The highest BCUT2D eigenvalue weighted by Crippen LogP contribution is 2.29. The summed E-state index contributed by atoms with van der Waals surface area (Å²) in [4.78, 5) is 26.5. The molecular weight excluding hydrogens is 393 g/mol. The number of hydrogen-bond donors (Lipinski definition) is 1. The van der Waals surface area contributed by atoms with Gasteiger partial charge in [0.2, 0.25) is 5.91 Å². The number of cyclic esters (lactones) is 1. The van der Waals surface area contributed by atoms with Gasteiger partial charge in [-0.3, -0.25) is 9.69 Å². The Morgan fingerprint density at radius 1 is 1.30 bits per heavy atom. The molecule has 2 aliphatic rings. The van der Waals surface area contributed by atoms with Crippen LogP contribution in [0.15, 0.2) is 36.0 Å². The van der Waals surface area contributed by atoms with Crippen LogP contribution < -0.4 is 15.1 Å².